The van der Waals surface area contributed by atoms with E-state index in [4.69, 9.17) is 0 Å². The molecule has 0 spiro atoms. The lowest BCUT2D eigenvalue weighted by molar-refractivity contribution is -0.127. The fraction of sp³-hybridized carbons (Fsp3) is 0.619. The fourth-order valence-electron chi connectivity index (χ4n) is 5.19. The van der Waals surface area contributed by atoms with Crippen molar-refractivity contribution >= 4 is 29.9 Å². The highest BCUT2D eigenvalue weighted by molar-refractivity contribution is 6.01. The Hall–Kier alpha value is -1.59. The summed E-state index contributed by atoms with van der Waals surface area (Å²) in [5.74, 6) is -0.129. The second-order valence-electron chi connectivity index (χ2n) is 8.47. The second kappa shape index (κ2) is 7.80. The van der Waals surface area contributed by atoms with E-state index in [1.807, 2.05) is 18.7 Å². The predicted molar refractivity (Wildman–Crippen MR) is 109 cm³/mol. The van der Waals surface area contributed by atoms with Crippen LogP contribution in [0.3, 0.4) is 0 Å². The van der Waals surface area contributed by atoms with Gasteiger partial charge in [-0.3, -0.25) is 9.59 Å². The monoisotopic (exact) mass is 391 g/mol. The van der Waals surface area contributed by atoms with Crippen LogP contribution in [-0.2, 0) is 9.59 Å². The molecule has 1 aromatic carbocycles. The molecule has 27 heavy (non-hydrogen) atoms. The lowest BCUT2D eigenvalue weighted by Crippen LogP contribution is -2.49. The third-order valence-corrected chi connectivity index (χ3v) is 6.22. The molecule has 2 amide bonds. The van der Waals surface area contributed by atoms with Crippen LogP contribution in [0.15, 0.2) is 12.1 Å². The number of amides is 2. The summed E-state index contributed by atoms with van der Waals surface area (Å²) >= 11 is 0. The lowest BCUT2D eigenvalue weighted by Gasteiger charge is -2.30. The minimum atomic E-state index is -0.241. The number of piperidine rings is 1. The summed E-state index contributed by atoms with van der Waals surface area (Å²) in [6.45, 7) is 6.65. The summed E-state index contributed by atoms with van der Waals surface area (Å²) in [6.07, 6.45) is 4.79. The Kier molecular flexibility index (Phi) is 5.82. The molecule has 2 bridgehead atoms. The van der Waals surface area contributed by atoms with Gasteiger partial charge in [0, 0.05) is 36.8 Å². The zero-order chi connectivity index (χ0) is 18.4. The molecule has 3 unspecified atom stereocenters. The highest BCUT2D eigenvalue weighted by atomic mass is 35.5. The topological polar surface area (TPSA) is 61.4 Å². The number of rotatable bonds is 3. The summed E-state index contributed by atoms with van der Waals surface area (Å²) in [6, 6.07) is 5.58. The van der Waals surface area contributed by atoms with Crippen LogP contribution < -0.4 is 15.5 Å². The maximum absolute atomic E-state index is 12.8. The first kappa shape index (κ1) is 20.2. The van der Waals surface area contributed by atoms with Crippen molar-refractivity contribution in [1.82, 2.24) is 10.6 Å². The standard InChI is InChI=1S/C21H29N3O2.ClH/c1-12-6-13(2)20(14(3)7-12)24-11-15(8-19(24)25)21(26)23-18-9-16-4-5-17(10-18)22-16;/h6-7,15-18,22H,4-5,8-11H2,1-3H3,(H,23,26);1H. The first-order valence-corrected chi connectivity index (χ1v) is 9.85. The third-order valence-electron chi connectivity index (χ3n) is 6.22. The summed E-state index contributed by atoms with van der Waals surface area (Å²) in [7, 11) is 0. The molecule has 3 saturated heterocycles. The molecule has 0 saturated carbocycles. The summed E-state index contributed by atoms with van der Waals surface area (Å²) < 4.78 is 0. The number of hydrogen-bond donors (Lipinski definition) is 2. The van der Waals surface area contributed by atoms with Crippen molar-refractivity contribution in [2.75, 3.05) is 11.4 Å². The van der Waals surface area contributed by atoms with Gasteiger partial charge in [0.2, 0.25) is 11.8 Å². The van der Waals surface area contributed by atoms with Gasteiger partial charge in [0.15, 0.2) is 0 Å². The molecule has 1 aromatic rings. The van der Waals surface area contributed by atoms with E-state index in [2.05, 4.69) is 29.7 Å². The third kappa shape index (κ3) is 3.99. The van der Waals surface area contributed by atoms with E-state index < -0.39 is 0 Å². The van der Waals surface area contributed by atoms with Crippen molar-refractivity contribution in [3.63, 3.8) is 0 Å². The average molecular weight is 392 g/mol. The number of benzene rings is 1. The van der Waals surface area contributed by atoms with Crippen LogP contribution in [-0.4, -0.2) is 36.5 Å². The molecular formula is C21H30ClN3O2. The van der Waals surface area contributed by atoms with E-state index >= 15 is 0 Å². The zero-order valence-electron chi connectivity index (χ0n) is 16.4. The number of nitrogens with one attached hydrogen (secondary N) is 2. The number of halogens is 1. The Morgan fingerprint density at radius 3 is 2.30 bits per heavy atom. The van der Waals surface area contributed by atoms with E-state index in [0.29, 0.717) is 25.0 Å². The van der Waals surface area contributed by atoms with E-state index in [-0.39, 0.29) is 36.2 Å². The van der Waals surface area contributed by atoms with E-state index in [9.17, 15) is 9.59 Å². The number of carbonyl (C=O) groups excluding carboxylic acids is 2. The van der Waals surface area contributed by atoms with Gasteiger partial charge in [-0.1, -0.05) is 17.7 Å². The van der Waals surface area contributed by atoms with Crippen molar-refractivity contribution in [1.29, 1.82) is 0 Å². The Labute approximate surface area is 167 Å². The number of aryl methyl sites for hydroxylation is 3. The molecule has 3 fully saturated rings. The molecule has 3 aliphatic rings. The van der Waals surface area contributed by atoms with Crippen molar-refractivity contribution in [2.45, 2.75) is 71.0 Å². The molecule has 3 aliphatic heterocycles. The predicted octanol–water partition coefficient (Wildman–Crippen LogP) is 2.79. The summed E-state index contributed by atoms with van der Waals surface area (Å²) in [4.78, 5) is 27.2. The molecule has 0 aromatic heterocycles. The van der Waals surface area contributed by atoms with Crippen LogP contribution in [0.5, 0.6) is 0 Å². The molecule has 4 rings (SSSR count). The summed E-state index contributed by atoms with van der Waals surface area (Å²) in [5.41, 5.74) is 4.39. The Morgan fingerprint density at radius 2 is 1.70 bits per heavy atom. The van der Waals surface area contributed by atoms with Crippen LogP contribution in [0.1, 0.15) is 48.8 Å². The zero-order valence-corrected chi connectivity index (χ0v) is 17.2. The van der Waals surface area contributed by atoms with Gasteiger partial charge in [0.05, 0.1) is 5.92 Å². The van der Waals surface area contributed by atoms with E-state index in [1.165, 1.54) is 18.4 Å². The number of hydrogen-bond acceptors (Lipinski definition) is 3. The van der Waals surface area contributed by atoms with E-state index in [0.717, 1.165) is 29.7 Å². The minimum Gasteiger partial charge on any atom is -0.353 e. The first-order chi connectivity index (χ1) is 12.4. The van der Waals surface area contributed by atoms with Crippen LogP contribution in [0.4, 0.5) is 5.69 Å². The van der Waals surface area contributed by atoms with Crippen molar-refractivity contribution < 1.29 is 9.59 Å². The number of nitrogens with zero attached hydrogens (tertiary/aromatic N) is 1. The number of fused-ring (bicyclic) bond motifs is 2. The molecule has 2 N–H and O–H groups in total. The second-order valence-corrected chi connectivity index (χ2v) is 8.47. The molecule has 0 radical (unpaired) electrons. The Bertz CT molecular complexity index is 716. The largest absolute Gasteiger partial charge is 0.353 e. The fourth-order valence-corrected chi connectivity index (χ4v) is 5.19. The molecule has 3 heterocycles. The SMILES string of the molecule is Cc1cc(C)c(N2CC(C(=O)NC3CC4CCC(C3)N4)CC2=O)c(C)c1.Cl. The maximum Gasteiger partial charge on any atom is 0.227 e. The first-order valence-electron chi connectivity index (χ1n) is 9.85. The molecule has 148 valence electrons. The molecular weight excluding hydrogens is 362 g/mol. The Balaban J connectivity index is 0.00000210. The lowest BCUT2D eigenvalue weighted by atomic mass is 9.98. The van der Waals surface area contributed by atoms with Gasteiger partial charge in [-0.2, -0.15) is 0 Å². The maximum atomic E-state index is 12.8. The Morgan fingerprint density at radius 1 is 1.11 bits per heavy atom. The van der Waals surface area contributed by atoms with Crippen molar-refractivity contribution in [2.24, 2.45) is 5.92 Å². The van der Waals surface area contributed by atoms with Gasteiger partial charge >= 0.3 is 0 Å². The quantitative estimate of drug-likeness (QED) is 0.832. The van der Waals surface area contributed by atoms with Crippen LogP contribution >= 0.6 is 12.4 Å². The average Bonchev–Trinajstić information content (AvgIpc) is 3.09. The van der Waals surface area contributed by atoms with Gasteiger partial charge in [0.1, 0.15) is 0 Å². The van der Waals surface area contributed by atoms with Crippen LogP contribution in [0, 0.1) is 26.7 Å². The van der Waals surface area contributed by atoms with Crippen molar-refractivity contribution in [3.05, 3.63) is 28.8 Å². The number of carbonyl (C=O) groups is 2. The number of anilines is 1. The molecule has 5 nitrogen and oxygen atoms in total. The van der Waals surface area contributed by atoms with Gasteiger partial charge in [-0.05, 0) is 57.6 Å². The molecule has 3 atom stereocenters. The summed E-state index contributed by atoms with van der Waals surface area (Å²) in [5, 5.41) is 6.84. The highest BCUT2D eigenvalue weighted by Crippen LogP contribution is 2.32. The molecule has 6 heteroatoms. The highest BCUT2D eigenvalue weighted by Gasteiger charge is 2.39. The van der Waals surface area contributed by atoms with Crippen molar-refractivity contribution in [3.8, 4) is 0 Å². The van der Waals surface area contributed by atoms with Crippen LogP contribution in [0.2, 0.25) is 0 Å². The van der Waals surface area contributed by atoms with E-state index in [1.54, 1.807) is 0 Å². The molecule has 0 aliphatic carbocycles. The smallest absolute Gasteiger partial charge is 0.227 e. The normalized spacial score (nSPS) is 29.6. The van der Waals surface area contributed by atoms with Crippen LogP contribution in [0.25, 0.3) is 0 Å². The van der Waals surface area contributed by atoms with Gasteiger partial charge in [0.25, 0.3) is 0 Å². The minimum absolute atomic E-state index is 0. The van der Waals surface area contributed by atoms with Gasteiger partial charge < -0.3 is 15.5 Å². The van der Waals surface area contributed by atoms with Gasteiger partial charge in [-0.15, -0.1) is 12.4 Å². The van der Waals surface area contributed by atoms with Gasteiger partial charge in [-0.25, -0.2) is 0 Å².